The summed E-state index contributed by atoms with van der Waals surface area (Å²) in [4.78, 5) is 6.74. The molecule has 5 heteroatoms. The van der Waals surface area contributed by atoms with Crippen LogP contribution in [0.3, 0.4) is 0 Å². The maximum absolute atomic E-state index is 9.22. The number of halogens is 1. The molecule has 1 aromatic heterocycles. The highest BCUT2D eigenvalue weighted by molar-refractivity contribution is 9.10. The van der Waals surface area contributed by atoms with Crippen molar-refractivity contribution in [1.82, 2.24) is 4.98 Å². The zero-order valence-electron chi connectivity index (χ0n) is 11.5. The summed E-state index contributed by atoms with van der Waals surface area (Å²) in [6.07, 6.45) is 3.57. The number of rotatable bonds is 2. The fraction of sp³-hybridized carbons (Fsp3) is 0.250. The van der Waals surface area contributed by atoms with E-state index in [2.05, 4.69) is 37.0 Å². The van der Waals surface area contributed by atoms with Crippen LogP contribution in [-0.4, -0.2) is 22.4 Å². The quantitative estimate of drug-likeness (QED) is 0.664. The van der Waals surface area contributed by atoms with Crippen LogP contribution >= 0.6 is 15.9 Å². The number of benzene rings is 1. The third-order valence-electron chi connectivity index (χ3n) is 3.66. The third-order valence-corrected chi connectivity index (χ3v) is 4.13. The molecule has 0 bridgehead atoms. The number of hydrogen-bond donors (Lipinski definition) is 1. The highest BCUT2D eigenvalue weighted by Gasteiger charge is 2.19. The van der Waals surface area contributed by atoms with E-state index in [1.807, 2.05) is 36.5 Å². The lowest BCUT2D eigenvalue weighted by atomic mass is 10.1. The number of pyridine rings is 1. The van der Waals surface area contributed by atoms with Crippen LogP contribution in [0.4, 0.5) is 5.69 Å². The first-order chi connectivity index (χ1) is 10.3. The van der Waals surface area contributed by atoms with Gasteiger partial charge in [0.15, 0.2) is 0 Å². The molecule has 108 valence electrons. The zero-order chi connectivity index (χ0) is 14.7. The minimum absolute atomic E-state index is 0.753. The summed E-state index contributed by atoms with van der Waals surface area (Å²) in [7, 11) is 0. The van der Waals surface area contributed by atoms with Gasteiger partial charge in [0.2, 0.25) is 0 Å². The van der Waals surface area contributed by atoms with Crippen LogP contribution in [0, 0.1) is 0 Å². The van der Waals surface area contributed by atoms with Gasteiger partial charge in [-0.1, -0.05) is 23.4 Å². The van der Waals surface area contributed by atoms with E-state index in [-0.39, 0.29) is 0 Å². The number of para-hydroxylation sites is 1. The third kappa shape index (κ3) is 3.08. The number of aromatic nitrogens is 1. The van der Waals surface area contributed by atoms with Crippen LogP contribution in [0.15, 0.2) is 52.2 Å². The Hall–Kier alpha value is -1.88. The highest BCUT2D eigenvalue weighted by atomic mass is 79.9. The molecule has 3 rings (SSSR count). The topological polar surface area (TPSA) is 48.7 Å². The van der Waals surface area contributed by atoms with Gasteiger partial charge in [-0.3, -0.25) is 4.98 Å². The normalized spacial score (nSPS) is 16.6. The predicted octanol–water partition coefficient (Wildman–Crippen LogP) is 3.82. The van der Waals surface area contributed by atoms with Crippen molar-refractivity contribution in [2.75, 3.05) is 11.4 Å². The first-order valence-corrected chi connectivity index (χ1v) is 7.73. The molecule has 0 spiro atoms. The van der Waals surface area contributed by atoms with Crippen LogP contribution in [0.5, 0.6) is 0 Å². The molecule has 0 saturated heterocycles. The van der Waals surface area contributed by atoms with Crippen LogP contribution < -0.4 is 4.90 Å². The van der Waals surface area contributed by atoms with Gasteiger partial charge in [0.25, 0.3) is 0 Å². The SMILES string of the molecule is O/N=C1/CCCN(Cc2ccc(Br)cn2)c2ccccc21. The second-order valence-corrected chi connectivity index (χ2v) is 5.97. The number of hydrogen-bond acceptors (Lipinski definition) is 4. The standard InChI is InChI=1S/C16H16BrN3O/c17-12-7-8-13(18-10-12)11-20-9-3-5-15(19-21)14-4-1-2-6-16(14)20/h1-2,4,6-8,10,21H,3,5,9,11H2/b19-15-. The van der Waals surface area contributed by atoms with Gasteiger partial charge in [0.05, 0.1) is 18.0 Å². The summed E-state index contributed by atoms with van der Waals surface area (Å²) in [5, 5.41) is 12.7. The Morgan fingerprint density at radius 2 is 2.10 bits per heavy atom. The summed E-state index contributed by atoms with van der Waals surface area (Å²) >= 11 is 3.41. The van der Waals surface area contributed by atoms with Gasteiger partial charge in [-0.25, -0.2) is 0 Å². The van der Waals surface area contributed by atoms with Crippen molar-refractivity contribution in [3.63, 3.8) is 0 Å². The molecule has 2 heterocycles. The fourth-order valence-electron chi connectivity index (χ4n) is 2.65. The molecule has 0 unspecified atom stereocenters. The minimum atomic E-state index is 0.753. The number of nitrogens with zero attached hydrogens (tertiary/aromatic N) is 3. The fourth-order valence-corrected chi connectivity index (χ4v) is 2.88. The second kappa shape index (κ2) is 6.26. The summed E-state index contributed by atoms with van der Waals surface area (Å²) in [5.41, 5.74) is 3.90. The van der Waals surface area contributed by atoms with Crippen molar-refractivity contribution >= 4 is 27.3 Å². The Labute approximate surface area is 132 Å². The molecular weight excluding hydrogens is 330 g/mol. The van der Waals surface area contributed by atoms with E-state index in [1.54, 1.807) is 0 Å². The maximum atomic E-state index is 9.22. The molecule has 1 aromatic carbocycles. The van der Waals surface area contributed by atoms with Gasteiger partial charge in [-0.05, 0) is 47.0 Å². The summed E-state index contributed by atoms with van der Waals surface area (Å²) < 4.78 is 0.984. The maximum Gasteiger partial charge on any atom is 0.0889 e. The average molecular weight is 346 g/mol. The minimum Gasteiger partial charge on any atom is -0.411 e. The smallest absolute Gasteiger partial charge is 0.0889 e. The van der Waals surface area contributed by atoms with Gasteiger partial charge in [0, 0.05) is 28.5 Å². The van der Waals surface area contributed by atoms with Crippen molar-refractivity contribution in [2.45, 2.75) is 19.4 Å². The van der Waals surface area contributed by atoms with E-state index in [4.69, 9.17) is 0 Å². The van der Waals surface area contributed by atoms with E-state index >= 15 is 0 Å². The highest BCUT2D eigenvalue weighted by Crippen LogP contribution is 2.27. The Morgan fingerprint density at radius 1 is 1.24 bits per heavy atom. The molecule has 1 aliphatic heterocycles. The van der Waals surface area contributed by atoms with Gasteiger partial charge in [0.1, 0.15) is 0 Å². The summed E-state index contributed by atoms with van der Waals surface area (Å²) in [5.74, 6) is 0. The van der Waals surface area contributed by atoms with Crippen LogP contribution in [0.25, 0.3) is 0 Å². The molecule has 0 radical (unpaired) electrons. The van der Waals surface area contributed by atoms with Crippen LogP contribution in [0.2, 0.25) is 0 Å². The lowest BCUT2D eigenvalue weighted by Gasteiger charge is -2.24. The van der Waals surface area contributed by atoms with E-state index in [9.17, 15) is 5.21 Å². The number of anilines is 1. The summed E-state index contributed by atoms with van der Waals surface area (Å²) in [6, 6.07) is 12.1. The Kier molecular flexibility index (Phi) is 4.20. The number of oxime groups is 1. The van der Waals surface area contributed by atoms with Gasteiger partial charge in [-0.15, -0.1) is 0 Å². The molecule has 1 aliphatic rings. The molecule has 0 amide bonds. The molecular formula is C16H16BrN3O. The van der Waals surface area contributed by atoms with E-state index in [0.717, 1.165) is 53.1 Å². The van der Waals surface area contributed by atoms with E-state index in [1.165, 1.54) is 0 Å². The van der Waals surface area contributed by atoms with E-state index in [0.29, 0.717) is 0 Å². The van der Waals surface area contributed by atoms with E-state index < -0.39 is 0 Å². The van der Waals surface area contributed by atoms with Crippen molar-refractivity contribution in [2.24, 2.45) is 5.16 Å². The molecule has 4 nitrogen and oxygen atoms in total. The Balaban J connectivity index is 1.93. The molecule has 0 aliphatic carbocycles. The lowest BCUT2D eigenvalue weighted by Crippen LogP contribution is -2.24. The van der Waals surface area contributed by atoms with Crippen molar-refractivity contribution in [3.8, 4) is 0 Å². The van der Waals surface area contributed by atoms with Gasteiger partial charge in [-0.2, -0.15) is 0 Å². The molecule has 0 saturated carbocycles. The van der Waals surface area contributed by atoms with Crippen molar-refractivity contribution < 1.29 is 5.21 Å². The van der Waals surface area contributed by atoms with Gasteiger partial charge >= 0.3 is 0 Å². The molecule has 2 aromatic rings. The average Bonchev–Trinajstić information content (AvgIpc) is 2.69. The number of fused-ring (bicyclic) bond motifs is 1. The molecule has 1 N–H and O–H groups in total. The van der Waals surface area contributed by atoms with Crippen molar-refractivity contribution in [3.05, 3.63) is 58.3 Å². The van der Waals surface area contributed by atoms with Gasteiger partial charge < -0.3 is 10.1 Å². The summed E-state index contributed by atoms with van der Waals surface area (Å²) in [6.45, 7) is 1.68. The molecule has 0 atom stereocenters. The zero-order valence-corrected chi connectivity index (χ0v) is 13.1. The largest absolute Gasteiger partial charge is 0.411 e. The predicted molar refractivity (Wildman–Crippen MR) is 87.0 cm³/mol. The van der Waals surface area contributed by atoms with Crippen molar-refractivity contribution in [1.29, 1.82) is 0 Å². The monoisotopic (exact) mass is 345 g/mol. The lowest BCUT2D eigenvalue weighted by molar-refractivity contribution is 0.318. The Bertz CT molecular complexity index is 655. The molecule has 0 fully saturated rings. The Morgan fingerprint density at radius 3 is 2.86 bits per heavy atom. The second-order valence-electron chi connectivity index (χ2n) is 5.06. The molecule has 21 heavy (non-hydrogen) atoms. The van der Waals surface area contributed by atoms with Crippen LogP contribution in [-0.2, 0) is 6.54 Å². The van der Waals surface area contributed by atoms with Crippen LogP contribution in [0.1, 0.15) is 24.1 Å². The first kappa shape index (κ1) is 14.1. The first-order valence-electron chi connectivity index (χ1n) is 6.93.